The Labute approximate surface area is 173 Å². The number of nitrogens with zero attached hydrogens (tertiary/aromatic N) is 1. The third-order valence-corrected chi connectivity index (χ3v) is 5.32. The molecule has 1 unspecified atom stereocenters. The highest BCUT2D eigenvalue weighted by molar-refractivity contribution is 6.42. The molecule has 1 saturated heterocycles. The van der Waals surface area contributed by atoms with Gasteiger partial charge in [-0.3, -0.25) is 4.79 Å². The molecular formula is C20H21Cl2NO5. The van der Waals surface area contributed by atoms with Gasteiger partial charge in [0.1, 0.15) is 6.10 Å². The monoisotopic (exact) mass is 425 g/mol. The van der Waals surface area contributed by atoms with Crippen molar-refractivity contribution in [1.29, 1.82) is 0 Å². The van der Waals surface area contributed by atoms with E-state index in [0.717, 1.165) is 5.56 Å². The third kappa shape index (κ3) is 4.14. The lowest BCUT2D eigenvalue weighted by Crippen LogP contribution is -2.42. The van der Waals surface area contributed by atoms with Crippen molar-refractivity contribution in [2.45, 2.75) is 6.10 Å². The number of amides is 1. The Bertz CT molecular complexity index is 849. The molecule has 1 aliphatic rings. The maximum atomic E-state index is 13.1. The number of rotatable bonds is 5. The van der Waals surface area contributed by atoms with Crippen LogP contribution in [0.2, 0.25) is 10.0 Å². The van der Waals surface area contributed by atoms with Crippen molar-refractivity contribution in [1.82, 2.24) is 4.90 Å². The van der Waals surface area contributed by atoms with Gasteiger partial charge in [-0.15, -0.1) is 0 Å². The van der Waals surface area contributed by atoms with Gasteiger partial charge >= 0.3 is 0 Å². The third-order valence-electron chi connectivity index (χ3n) is 4.58. The standard InChI is InChI=1S/C20H21Cl2NO5/c1-25-16-9-13(10-17(26-2)19(16)27-3)20(24)23-6-7-28-18(11-23)12-4-5-14(21)15(22)8-12/h4-5,8-10,18H,6-7,11H2,1-3H3. The van der Waals surface area contributed by atoms with Crippen molar-refractivity contribution in [2.75, 3.05) is 41.0 Å². The zero-order valence-corrected chi connectivity index (χ0v) is 17.3. The Balaban J connectivity index is 1.85. The van der Waals surface area contributed by atoms with Gasteiger partial charge in [0, 0.05) is 12.1 Å². The number of halogens is 2. The number of morpholine rings is 1. The van der Waals surface area contributed by atoms with Crippen molar-refractivity contribution < 1.29 is 23.7 Å². The average Bonchev–Trinajstić information content (AvgIpc) is 2.74. The molecule has 1 atom stereocenters. The molecule has 0 N–H and O–H groups in total. The quantitative estimate of drug-likeness (QED) is 0.716. The van der Waals surface area contributed by atoms with Gasteiger partial charge in [0.25, 0.3) is 5.91 Å². The molecule has 2 aromatic carbocycles. The van der Waals surface area contributed by atoms with Crippen molar-refractivity contribution >= 4 is 29.1 Å². The number of ether oxygens (including phenoxy) is 4. The average molecular weight is 426 g/mol. The summed E-state index contributed by atoms with van der Waals surface area (Å²) in [4.78, 5) is 14.8. The van der Waals surface area contributed by atoms with Gasteiger partial charge in [-0.1, -0.05) is 29.3 Å². The molecule has 1 amide bonds. The Kier molecular flexibility index (Phi) is 6.54. The Hall–Kier alpha value is -2.15. The topological polar surface area (TPSA) is 57.2 Å². The molecule has 0 aliphatic carbocycles. The molecule has 0 radical (unpaired) electrons. The Morgan fingerprint density at radius 2 is 1.71 bits per heavy atom. The van der Waals surface area contributed by atoms with Gasteiger partial charge in [0.05, 0.1) is 44.5 Å². The maximum Gasteiger partial charge on any atom is 0.254 e. The van der Waals surface area contributed by atoms with E-state index in [-0.39, 0.29) is 12.0 Å². The first-order valence-corrected chi connectivity index (χ1v) is 9.40. The molecule has 1 heterocycles. The molecule has 0 aromatic heterocycles. The second-order valence-electron chi connectivity index (χ2n) is 6.20. The van der Waals surface area contributed by atoms with Crippen LogP contribution in [0.3, 0.4) is 0 Å². The molecule has 0 bridgehead atoms. The molecule has 1 aliphatic heterocycles. The van der Waals surface area contributed by atoms with Gasteiger partial charge in [-0.05, 0) is 29.8 Å². The van der Waals surface area contributed by atoms with Crippen molar-refractivity contribution in [3.8, 4) is 17.2 Å². The summed E-state index contributed by atoms with van der Waals surface area (Å²) in [5.74, 6) is 1.16. The second-order valence-corrected chi connectivity index (χ2v) is 7.01. The van der Waals surface area contributed by atoms with E-state index in [4.69, 9.17) is 42.1 Å². The van der Waals surface area contributed by atoms with E-state index >= 15 is 0 Å². The number of carbonyl (C=O) groups is 1. The van der Waals surface area contributed by atoms with Crippen LogP contribution in [0.1, 0.15) is 22.0 Å². The number of benzene rings is 2. The lowest BCUT2D eigenvalue weighted by atomic mass is 10.1. The molecule has 1 fully saturated rings. The van der Waals surface area contributed by atoms with Gasteiger partial charge in [-0.2, -0.15) is 0 Å². The van der Waals surface area contributed by atoms with E-state index < -0.39 is 0 Å². The second kappa shape index (κ2) is 8.90. The maximum absolute atomic E-state index is 13.1. The summed E-state index contributed by atoms with van der Waals surface area (Å²) in [7, 11) is 4.55. The predicted octanol–water partition coefficient (Wildman–Crippen LogP) is 4.23. The van der Waals surface area contributed by atoms with E-state index in [1.54, 1.807) is 29.2 Å². The van der Waals surface area contributed by atoms with Gasteiger partial charge in [0.2, 0.25) is 5.75 Å². The fourth-order valence-corrected chi connectivity index (χ4v) is 3.44. The van der Waals surface area contributed by atoms with Crippen LogP contribution in [0.15, 0.2) is 30.3 Å². The van der Waals surface area contributed by atoms with Crippen molar-refractivity contribution in [2.24, 2.45) is 0 Å². The van der Waals surface area contributed by atoms with Gasteiger partial charge in [-0.25, -0.2) is 0 Å². The summed E-state index contributed by atoms with van der Waals surface area (Å²) in [5.41, 5.74) is 1.32. The lowest BCUT2D eigenvalue weighted by molar-refractivity contribution is -0.0228. The van der Waals surface area contributed by atoms with Crippen LogP contribution in [0.5, 0.6) is 17.2 Å². The lowest BCUT2D eigenvalue weighted by Gasteiger charge is -2.33. The molecular weight excluding hydrogens is 405 g/mol. The fourth-order valence-electron chi connectivity index (χ4n) is 3.14. The summed E-state index contributed by atoms with van der Waals surface area (Å²) >= 11 is 12.1. The Morgan fingerprint density at radius 3 is 2.29 bits per heavy atom. The first kappa shape index (κ1) is 20.6. The minimum absolute atomic E-state index is 0.146. The highest BCUT2D eigenvalue weighted by atomic mass is 35.5. The zero-order valence-electron chi connectivity index (χ0n) is 15.8. The molecule has 3 rings (SSSR count). The van der Waals surface area contributed by atoms with Crippen LogP contribution in [-0.4, -0.2) is 51.8 Å². The van der Waals surface area contributed by atoms with Crippen LogP contribution < -0.4 is 14.2 Å². The highest BCUT2D eigenvalue weighted by Crippen LogP contribution is 2.39. The number of hydrogen-bond acceptors (Lipinski definition) is 5. The van der Waals surface area contributed by atoms with E-state index in [1.807, 2.05) is 6.07 Å². The van der Waals surface area contributed by atoms with E-state index in [1.165, 1.54) is 21.3 Å². The molecule has 0 spiro atoms. The summed E-state index contributed by atoms with van der Waals surface area (Å²) in [6, 6.07) is 8.64. The van der Waals surface area contributed by atoms with E-state index in [9.17, 15) is 4.79 Å². The number of carbonyl (C=O) groups excluding carboxylic acids is 1. The van der Waals surface area contributed by atoms with Gasteiger partial charge < -0.3 is 23.8 Å². The van der Waals surface area contributed by atoms with Crippen LogP contribution in [0.4, 0.5) is 0 Å². The molecule has 2 aromatic rings. The zero-order chi connectivity index (χ0) is 20.3. The van der Waals surface area contributed by atoms with Crippen LogP contribution in [0.25, 0.3) is 0 Å². The van der Waals surface area contributed by atoms with Crippen molar-refractivity contribution in [3.63, 3.8) is 0 Å². The summed E-state index contributed by atoms with van der Waals surface area (Å²) < 4.78 is 21.8. The summed E-state index contributed by atoms with van der Waals surface area (Å²) in [6.07, 6.45) is -0.283. The predicted molar refractivity (Wildman–Crippen MR) is 107 cm³/mol. The minimum atomic E-state index is -0.283. The SMILES string of the molecule is COc1cc(C(=O)N2CCOC(c3ccc(Cl)c(Cl)c3)C2)cc(OC)c1OC. The molecule has 0 saturated carbocycles. The minimum Gasteiger partial charge on any atom is -0.493 e. The summed E-state index contributed by atoms with van der Waals surface area (Å²) in [5, 5.41) is 0.933. The smallest absolute Gasteiger partial charge is 0.254 e. The van der Waals surface area contributed by atoms with Gasteiger partial charge in [0.15, 0.2) is 11.5 Å². The molecule has 150 valence electrons. The van der Waals surface area contributed by atoms with Crippen LogP contribution in [0, 0.1) is 0 Å². The number of hydrogen-bond donors (Lipinski definition) is 0. The van der Waals surface area contributed by atoms with E-state index in [2.05, 4.69) is 0 Å². The molecule has 6 nitrogen and oxygen atoms in total. The highest BCUT2D eigenvalue weighted by Gasteiger charge is 2.28. The normalized spacial score (nSPS) is 16.6. The fraction of sp³-hybridized carbons (Fsp3) is 0.350. The first-order chi connectivity index (χ1) is 13.5. The number of methoxy groups -OCH3 is 3. The molecule has 28 heavy (non-hydrogen) atoms. The van der Waals surface area contributed by atoms with Crippen LogP contribution >= 0.6 is 23.2 Å². The largest absolute Gasteiger partial charge is 0.493 e. The van der Waals surface area contributed by atoms with Crippen LogP contribution in [-0.2, 0) is 4.74 Å². The summed E-state index contributed by atoms with van der Waals surface area (Å²) in [6.45, 7) is 1.29. The molecule has 8 heteroatoms. The van der Waals surface area contributed by atoms with E-state index in [0.29, 0.717) is 52.6 Å². The Morgan fingerprint density at radius 1 is 1.04 bits per heavy atom. The van der Waals surface area contributed by atoms with Crippen molar-refractivity contribution in [3.05, 3.63) is 51.5 Å². The first-order valence-electron chi connectivity index (χ1n) is 8.64.